The van der Waals surface area contributed by atoms with Gasteiger partial charge < -0.3 is 10.1 Å². The smallest absolute Gasteiger partial charge is 0.320 e. The molecule has 37 heavy (non-hydrogen) atoms. The molecule has 2 amide bonds. The van der Waals surface area contributed by atoms with Crippen molar-refractivity contribution in [1.82, 2.24) is 39.6 Å². The van der Waals surface area contributed by atoms with Crippen molar-refractivity contribution in [3.05, 3.63) is 66.2 Å². The van der Waals surface area contributed by atoms with E-state index in [9.17, 15) is 4.79 Å². The van der Waals surface area contributed by atoms with Crippen molar-refractivity contribution in [2.75, 3.05) is 38.7 Å². The van der Waals surface area contributed by atoms with Crippen LogP contribution in [0.2, 0.25) is 0 Å². The maximum Gasteiger partial charge on any atom is 0.320 e. The molecule has 4 heterocycles. The number of methoxy groups -OCH3 is 1. The summed E-state index contributed by atoms with van der Waals surface area (Å²) in [7, 11) is 5.48. The summed E-state index contributed by atoms with van der Waals surface area (Å²) in [4.78, 5) is 15.7. The Hall–Kier alpha value is -3.96. The van der Waals surface area contributed by atoms with Crippen LogP contribution in [0.4, 0.5) is 10.6 Å². The van der Waals surface area contributed by atoms with E-state index in [1.165, 1.54) is 0 Å². The fourth-order valence-corrected chi connectivity index (χ4v) is 4.93. The quantitative estimate of drug-likeness (QED) is 0.383. The number of hydrogen-bond donors (Lipinski definition) is 2. The summed E-state index contributed by atoms with van der Waals surface area (Å²) in [6.45, 7) is 4.97. The number of rotatable bonds is 8. The number of amides is 2. The van der Waals surface area contributed by atoms with Gasteiger partial charge in [-0.1, -0.05) is 18.2 Å². The minimum absolute atomic E-state index is 0.0766. The Bertz CT molecular complexity index is 1360. The molecule has 0 saturated carbocycles. The lowest BCUT2D eigenvalue weighted by Gasteiger charge is -2.20. The summed E-state index contributed by atoms with van der Waals surface area (Å²) in [5.74, 6) is 0.747. The van der Waals surface area contributed by atoms with E-state index in [0.29, 0.717) is 12.4 Å². The zero-order chi connectivity index (χ0) is 25.9. The number of likely N-dealkylation sites (tertiary alicyclic amines) is 1. The third kappa shape index (κ3) is 5.27. The normalized spacial score (nSPS) is 17.8. The van der Waals surface area contributed by atoms with Gasteiger partial charge in [0.1, 0.15) is 11.5 Å². The zero-order valence-corrected chi connectivity index (χ0v) is 21.6. The van der Waals surface area contributed by atoms with Crippen molar-refractivity contribution in [2.24, 2.45) is 14.1 Å². The Morgan fingerprint density at radius 3 is 2.51 bits per heavy atom. The van der Waals surface area contributed by atoms with Crippen molar-refractivity contribution in [3.8, 4) is 16.9 Å². The van der Waals surface area contributed by atoms with E-state index < -0.39 is 0 Å². The van der Waals surface area contributed by atoms with Gasteiger partial charge in [-0.2, -0.15) is 15.3 Å². The lowest BCUT2D eigenvalue weighted by Crippen LogP contribution is -2.42. The summed E-state index contributed by atoms with van der Waals surface area (Å²) in [5, 5.41) is 19.8. The highest BCUT2D eigenvalue weighted by atomic mass is 16.5. The first-order valence-electron chi connectivity index (χ1n) is 12.3. The molecular weight excluding hydrogens is 470 g/mol. The fourth-order valence-electron chi connectivity index (χ4n) is 4.93. The molecule has 194 valence electrons. The van der Waals surface area contributed by atoms with Crippen molar-refractivity contribution in [3.63, 3.8) is 0 Å². The highest BCUT2D eigenvalue weighted by Crippen LogP contribution is 2.31. The first kappa shape index (κ1) is 24.7. The van der Waals surface area contributed by atoms with Gasteiger partial charge in [0.05, 0.1) is 30.7 Å². The number of urea groups is 1. The van der Waals surface area contributed by atoms with E-state index >= 15 is 0 Å². The molecule has 11 nitrogen and oxygen atoms in total. The molecule has 11 heteroatoms. The molecule has 1 aromatic carbocycles. The third-order valence-corrected chi connectivity index (χ3v) is 6.81. The molecule has 1 unspecified atom stereocenters. The van der Waals surface area contributed by atoms with Gasteiger partial charge in [-0.15, -0.1) is 0 Å². The van der Waals surface area contributed by atoms with Gasteiger partial charge in [-0.3, -0.25) is 19.6 Å². The number of benzene rings is 1. The van der Waals surface area contributed by atoms with Gasteiger partial charge >= 0.3 is 6.03 Å². The van der Waals surface area contributed by atoms with Gasteiger partial charge in [0.25, 0.3) is 0 Å². The van der Waals surface area contributed by atoms with Crippen LogP contribution in [-0.2, 0) is 18.8 Å². The van der Waals surface area contributed by atoms with Crippen LogP contribution in [0.5, 0.6) is 0 Å². The molecule has 3 aromatic heterocycles. The topological polar surface area (TPSA) is 107 Å². The molecular formula is C26H33N9O2. The Labute approximate surface area is 216 Å². The molecule has 0 spiro atoms. The van der Waals surface area contributed by atoms with Crippen molar-refractivity contribution >= 4 is 11.8 Å². The van der Waals surface area contributed by atoms with E-state index in [0.717, 1.165) is 47.7 Å². The summed E-state index contributed by atoms with van der Waals surface area (Å²) in [5.41, 5.74) is 4.49. The van der Waals surface area contributed by atoms with Crippen LogP contribution in [0.1, 0.15) is 17.0 Å². The summed E-state index contributed by atoms with van der Waals surface area (Å²) in [6, 6.07) is 9.43. The number of anilines is 1. The Balaban J connectivity index is 1.40. The number of carbonyl (C=O) groups is 1. The number of aryl methyl sites for hydroxylation is 2. The average molecular weight is 504 g/mol. The van der Waals surface area contributed by atoms with E-state index in [1.807, 2.05) is 69.9 Å². The minimum atomic E-state index is -0.273. The first-order valence-corrected chi connectivity index (χ1v) is 12.3. The molecule has 0 aliphatic carbocycles. The van der Waals surface area contributed by atoms with Crippen LogP contribution in [0.25, 0.3) is 16.9 Å². The molecule has 1 fully saturated rings. The Morgan fingerprint density at radius 1 is 1.08 bits per heavy atom. The number of nitrogens with zero attached hydrogens (tertiary/aromatic N) is 7. The molecule has 0 radical (unpaired) electrons. The zero-order valence-electron chi connectivity index (χ0n) is 21.6. The fraction of sp³-hybridized carbons (Fsp3) is 0.385. The van der Waals surface area contributed by atoms with Gasteiger partial charge in [-0.05, 0) is 24.6 Å². The van der Waals surface area contributed by atoms with Crippen molar-refractivity contribution in [2.45, 2.75) is 18.9 Å². The van der Waals surface area contributed by atoms with E-state index in [4.69, 9.17) is 9.84 Å². The predicted molar refractivity (Wildman–Crippen MR) is 141 cm³/mol. The number of nitrogens with one attached hydrogen (secondary N) is 2. The first-order chi connectivity index (χ1) is 17.9. The van der Waals surface area contributed by atoms with E-state index in [2.05, 4.69) is 25.7 Å². The maximum absolute atomic E-state index is 13.4. The monoisotopic (exact) mass is 503 g/mol. The van der Waals surface area contributed by atoms with Crippen LogP contribution in [0, 0.1) is 6.92 Å². The molecule has 0 bridgehead atoms. The Morgan fingerprint density at radius 2 is 1.84 bits per heavy atom. The number of hydrogen-bond acceptors (Lipinski definition) is 6. The number of ether oxygens (including phenoxy) is 1. The molecule has 4 aromatic rings. The van der Waals surface area contributed by atoms with Crippen molar-refractivity contribution < 1.29 is 9.53 Å². The van der Waals surface area contributed by atoms with Gasteiger partial charge in [-0.25, -0.2) is 9.48 Å². The Kier molecular flexibility index (Phi) is 7.06. The van der Waals surface area contributed by atoms with Gasteiger partial charge in [0.2, 0.25) is 0 Å². The molecule has 2 atom stereocenters. The molecule has 2 N–H and O–H groups in total. The molecule has 1 saturated heterocycles. The molecule has 1 aliphatic heterocycles. The second kappa shape index (κ2) is 10.6. The minimum Gasteiger partial charge on any atom is -0.383 e. The third-order valence-electron chi connectivity index (χ3n) is 6.81. The van der Waals surface area contributed by atoms with Gasteiger partial charge in [0, 0.05) is 70.3 Å². The molecule has 1 aliphatic rings. The average Bonchev–Trinajstić information content (AvgIpc) is 3.67. The van der Waals surface area contributed by atoms with E-state index in [1.54, 1.807) is 27.4 Å². The van der Waals surface area contributed by atoms with Gasteiger partial charge in [0.15, 0.2) is 0 Å². The summed E-state index contributed by atoms with van der Waals surface area (Å²) < 4.78 is 10.6. The lowest BCUT2D eigenvalue weighted by molar-refractivity contribution is 0.159. The number of aromatic nitrogens is 6. The highest BCUT2D eigenvalue weighted by molar-refractivity contribution is 5.91. The summed E-state index contributed by atoms with van der Waals surface area (Å²) >= 11 is 0. The standard InChI is InChI=1S/C26H33N9O2/c1-18-24(20-13-28-33(3)15-20)31-35(21-8-6-5-7-9-21)25(18)30-26(36)29-23-17-34(10-11-37-4)16-22(23)19-12-27-32(2)14-19/h5-9,12-15,22-23H,10-11,16-17H2,1-4H3,(H2,29,30,36)/t22?,23-/m1/s1. The SMILES string of the molecule is COCCN1CC(c2cnn(C)c2)[C@H](NC(=O)Nc2c(C)c(-c3cnn(C)c3)nn2-c2ccccc2)C1. The largest absolute Gasteiger partial charge is 0.383 e. The van der Waals surface area contributed by atoms with Crippen LogP contribution < -0.4 is 10.6 Å². The second-order valence-corrected chi connectivity index (χ2v) is 9.48. The molecule has 5 rings (SSSR count). The maximum atomic E-state index is 13.4. The van der Waals surface area contributed by atoms with Crippen LogP contribution in [0.15, 0.2) is 55.1 Å². The number of para-hydroxylation sites is 1. The number of carbonyl (C=O) groups excluding carboxylic acids is 1. The van der Waals surface area contributed by atoms with E-state index in [-0.39, 0.29) is 18.0 Å². The van der Waals surface area contributed by atoms with Crippen LogP contribution in [-0.4, -0.2) is 79.7 Å². The van der Waals surface area contributed by atoms with Crippen LogP contribution >= 0.6 is 0 Å². The van der Waals surface area contributed by atoms with Crippen molar-refractivity contribution in [1.29, 1.82) is 0 Å². The second-order valence-electron chi connectivity index (χ2n) is 9.48. The predicted octanol–water partition coefficient (Wildman–Crippen LogP) is 2.55. The van der Waals surface area contributed by atoms with Crippen LogP contribution in [0.3, 0.4) is 0 Å². The lowest BCUT2D eigenvalue weighted by atomic mass is 9.97. The summed E-state index contributed by atoms with van der Waals surface area (Å²) in [6.07, 6.45) is 7.60. The highest BCUT2D eigenvalue weighted by Gasteiger charge is 2.35.